The number of aliphatic hydroxyl groups is 1. The molecule has 1 saturated carbocycles. The Kier molecular flexibility index (Phi) is 9.48. The second-order valence-electron chi connectivity index (χ2n) is 13.6. The van der Waals surface area contributed by atoms with Crippen LogP contribution in [-0.2, 0) is 14.4 Å². The van der Waals surface area contributed by atoms with Gasteiger partial charge in [-0.2, -0.15) is 0 Å². The number of fused-ring (bicyclic) bond motifs is 1. The van der Waals surface area contributed by atoms with Gasteiger partial charge in [-0.25, -0.2) is 0 Å². The molecule has 234 valence electrons. The van der Waals surface area contributed by atoms with Gasteiger partial charge >= 0.3 is 0 Å². The van der Waals surface area contributed by atoms with Gasteiger partial charge in [-0.3, -0.25) is 14.4 Å². The molecule has 4 fully saturated rings. The first-order chi connectivity index (χ1) is 20.6. The SMILES string of the molecule is C=CCN(C(=O)[C@H]1[C@H]2C(=O)N([C@@H](CO)CC(C)C)C(C(=O)N(CC=C)C3CCCCC3)C23CC[C@]1(C)S3)c1ccccc1. The molecule has 3 amide bonds. The lowest BCUT2D eigenvalue weighted by Gasteiger charge is -2.43. The Balaban J connectivity index is 1.60. The lowest BCUT2D eigenvalue weighted by Crippen LogP contribution is -2.59. The molecule has 2 unspecified atom stereocenters. The highest BCUT2D eigenvalue weighted by Crippen LogP contribution is 2.72. The van der Waals surface area contributed by atoms with E-state index in [0.717, 1.165) is 37.8 Å². The highest BCUT2D eigenvalue weighted by molar-refractivity contribution is 8.02. The molecular formula is C35H49N3O4S. The van der Waals surface area contributed by atoms with E-state index in [0.29, 0.717) is 25.9 Å². The van der Waals surface area contributed by atoms with E-state index in [-0.39, 0.29) is 36.3 Å². The van der Waals surface area contributed by atoms with Crippen molar-refractivity contribution in [1.29, 1.82) is 0 Å². The summed E-state index contributed by atoms with van der Waals surface area (Å²) >= 11 is 1.70. The summed E-state index contributed by atoms with van der Waals surface area (Å²) in [5, 5.41) is 10.7. The molecule has 8 heteroatoms. The Hall–Kier alpha value is -2.58. The van der Waals surface area contributed by atoms with Crippen LogP contribution in [0.5, 0.6) is 0 Å². The van der Waals surface area contributed by atoms with E-state index >= 15 is 0 Å². The molecule has 5 rings (SSSR count). The van der Waals surface area contributed by atoms with Crippen LogP contribution in [0.3, 0.4) is 0 Å². The number of amides is 3. The van der Waals surface area contributed by atoms with Gasteiger partial charge in [0.1, 0.15) is 6.04 Å². The van der Waals surface area contributed by atoms with Gasteiger partial charge in [0, 0.05) is 29.6 Å². The molecule has 6 atom stereocenters. The molecule has 0 aromatic heterocycles. The van der Waals surface area contributed by atoms with Crippen molar-refractivity contribution in [2.75, 3.05) is 24.6 Å². The standard InChI is InChI=1S/C35H49N3O4S/c1-6-20-36(25-14-10-8-11-15-25)31(40)28-29-32(41)38(27(23-39)22-24(3)4)30(35(29)19-18-34(28,5)43-35)33(42)37(21-7-2)26-16-12-9-13-17-26/h6-8,10-11,14-15,24,26-30,39H,1-2,9,12-13,16-23H2,3-5H3/t27-,28-,29+,30?,34+,35?/m1/s1. The van der Waals surface area contributed by atoms with Crippen LogP contribution in [0.25, 0.3) is 0 Å². The monoisotopic (exact) mass is 607 g/mol. The number of rotatable bonds is 12. The van der Waals surface area contributed by atoms with E-state index in [1.54, 1.807) is 33.7 Å². The Bertz CT molecular complexity index is 1220. The normalized spacial score (nSPS) is 30.8. The molecule has 7 nitrogen and oxygen atoms in total. The molecule has 1 spiro atoms. The molecular weight excluding hydrogens is 558 g/mol. The Morgan fingerprint density at radius 3 is 2.35 bits per heavy atom. The first-order valence-electron chi connectivity index (χ1n) is 16.2. The minimum atomic E-state index is -0.725. The summed E-state index contributed by atoms with van der Waals surface area (Å²) in [6.07, 6.45) is 10.8. The lowest BCUT2D eigenvalue weighted by molar-refractivity contribution is -0.147. The van der Waals surface area contributed by atoms with E-state index in [1.165, 1.54) is 6.42 Å². The van der Waals surface area contributed by atoms with Gasteiger partial charge in [0.15, 0.2) is 0 Å². The Morgan fingerprint density at radius 2 is 1.74 bits per heavy atom. The predicted molar refractivity (Wildman–Crippen MR) is 174 cm³/mol. The summed E-state index contributed by atoms with van der Waals surface area (Å²) in [5.41, 5.74) is 0.773. The van der Waals surface area contributed by atoms with Crippen LogP contribution in [0.2, 0.25) is 0 Å². The number of aliphatic hydroxyl groups excluding tert-OH is 1. The maximum atomic E-state index is 14.9. The molecule has 3 aliphatic heterocycles. The Morgan fingerprint density at radius 1 is 1.07 bits per heavy atom. The summed E-state index contributed by atoms with van der Waals surface area (Å²) in [6, 6.07) is 8.47. The number of para-hydroxylation sites is 1. The van der Waals surface area contributed by atoms with Crippen molar-refractivity contribution in [2.45, 2.75) is 99.8 Å². The number of hydrogen-bond acceptors (Lipinski definition) is 5. The molecule has 1 N–H and O–H groups in total. The summed E-state index contributed by atoms with van der Waals surface area (Å²) in [4.78, 5) is 49.9. The van der Waals surface area contributed by atoms with E-state index in [4.69, 9.17) is 0 Å². The second kappa shape index (κ2) is 12.8. The van der Waals surface area contributed by atoms with Crippen LogP contribution >= 0.6 is 11.8 Å². The highest BCUT2D eigenvalue weighted by atomic mass is 32.2. The number of likely N-dealkylation sites (tertiary alicyclic amines) is 1. The zero-order chi connectivity index (χ0) is 30.9. The minimum Gasteiger partial charge on any atom is -0.394 e. The summed E-state index contributed by atoms with van der Waals surface area (Å²) in [5.74, 6) is -1.27. The summed E-state index contributed by atoms with van der Waals surface area (Å²) in [7, 11) is 0. The minimum absolute atomic E-state index is 0.0410. The number of anilines is 1. The smallest absolute Gasteiger partial charge is 0.247 e. The van der Waals surface area contributed by atoms with Crippen molar-refractivity contribution in [1.82, 2.24) is 9.80 Å². The molecule has 3 saturated heterocycles. The van der Waals surface area contributed by atoms with Gasteiger partial charge < -0.3 is 19.8 Å². The van der Waals surface area contributed by atoms with Crippen LogP contribution < -0.4 is 4.90 Å². The van der Waals surface area contributed by atoms with Gasteiger partial charge in [-0.15, -0.1) is 24.9 Å². The molecule has 0 radical (unpaired) electrons. The highest BCUT2D eigenvalue weighted by Gasteiger charge is 2.78. The fraction of sp³-hybridized carbons (Fsp3) is 0.629. The average Bonchev–Trinajstić information content (AvgIpc) is 3.58. The van der Waals surface area contributed by atoms with E-state index in [2.05, 4.69) is 33.9 Å². The third-order valence-electron chi connectivity index (χ3n) is 10.3. The van der Waals surface area contributed by atoms with Crippen molar-refractivity contribution in [3.8, 4) is 0 Å². The maximum absolute atomic E-state index is 14.9. The number of benzene rings is 1. The molecule has 3 heterocycles. The number of carbonyl (C=O) groups is 3. The van der Waals surface area contributed by atoms with Crippen molar-refractivity contribution in [3.63, 3.8) is 0 Å². The molecule has 1 aliphatic carbocycles. The summed E-state index contributed by atoms with van der Waals surface area (Å²) < 4.78 is -1.20. The van der Waals surface area contributed by atoms with Crippen LogP contribution in [-0.4, -0.2) is 79.9 Å². The third kappa shape index (κ3) is 5.47. The molecule has 1 aromatic rings. The van der Waals surface area contributed by atoms with Crippen LogP contribution in [0.1, 0.15) is 72.1 Å². The van der Waals surface area contributed by atoms with E-state index in [9.17, 15) is 19.5 Å². The lowest BCUT2D eigenvalue weighted by atomic mass is 9.66. The summed E-state index contributed by atoms with van der Waals surface area (Å²) in [6.45, 7) is 14.7. The van der Waals surface area contributed by atoms with E-state index in [1.807, 2.05) is 35.2 Å². The third-order valence-corrected chi connectivity index (χ3v) is 12.3. The van der Waals surface area contributed by atoms with Gasteiger partial charge in [0.25, 0.3) is 0 Å². The van der Waals surface area contributed by atoms with Crippen molar-refractivity contribution in [3.05, 3.63) is 55.6 Å². The molecule has 2 bridgehead atoms. The van der Waals surface area contributed by atoms with Crippen molar-refractivity contribution in [2.24, 2.45) is 17.8 Å². The number of hydrogen-bond donors (Lipinski definition) is 1. The number of thioether (sulfide) groups is 1. The molecule has 1 aromatic carbocycles. The molecule has 43 heavy (non-hydrogen) atoms. The van der Waals surface area contributed by atoms with Gasteiger partial charge in [-0.1, -0.05) is 63.5 Å². The fourth-order valence-electron chi connectivity index (χ4n) is 8.57. The topological polar surface area (TPSA) is 81.2 Å². The largest absolute Gasteiger partial charge is 0.394 e. The van der Waals surface area contributed by atoms with Crippen molar-refractivity contribution < 1.29 is 19.5 Å². The fourth-order valence-corrected chi connectivity index (χ4v) is 10.9. The first-order valence-corrected chi connectivity index (χ1v) is 17.0. The van der Waals surface area contributed by atoms with Gasteiger partial charge in [-0.05, 0) is 57.1 Å². The quantitative estimate of drug-likeness (QED) is 0.320. The van der Waals surface area contributed by atoms with Crippen LogP contribution in [0.15, 0.2) is 55.6 Å². The zero-order valence-electron chi connectivity index (χ0n) is 26.1. The maximum Gasteiger partial charge on any atom is 0.247 e. The number of nitrogens with zero attached hydrogens (tertiary/aromatic N) is 3. The van der Waals surface area contributed by atoms with Gasteiger partial charge in [0.2, 0.25) is 17.7 Å². The predicted octanol–water partition coefficient (Wildman–Crippen LogP) is 5.44. The zero-order valence-corrected chi connectivity index (χ0v) is 26.9. The van der Waals surface area contributed by atoms with Crippen molar-refractivity contribution >= 4 is 35.2 Å². The first kappa shape index (κ1) is 31.8. The van der Waals surface area contributed by atoms with Crippen LogP contribution in [0, 0.1) is 17.8 Å². The van der Waals surface area contributed by atoms with Gasteiger partial charge in [0.05, 0.1) is 29.2 Å². The Labute approximate surface area is 261 Å². The molecule has 4 aliphatic rings. The van der Waals surface area contributed by atoms with Crippen LogP contribution in [0.4, 0.5) is 5.69 Å². The second-order valence-corrected chi connectivity index (χ2v) is 15.5. The number of carbonyl (C=O) groups excluding carboxylic acids is 3. The van der Waals surface area contributed by atoms with E-state index < -0.39 is 33.4 Å². The average molecular weight is 608 g/mol.